The standard InChI is InChI=1S/C11H12N4O2S2/c12-15-9(6-18-8-4-2-1-3-5-8)13-14-11(15)19-7-10(16)17/h1-5H,6-7,12H2,(H,16,17). The Bertz CT molecular complexity index is 559. The molecular formula is C11H12N4O2S2. The van der Waals surface area contributed by atoms with E-state index in [1.165, 1.54) is 4.68 Å². The summed E-state index contributed by atoms with van der Waals surface area (Å²) in [6.45, 7) is 0. The molecule has 1 heterocycles. The number of aromatic nitrogens is 3. The molecule has 0 bridgehead atoms. The summed E-state index contributed by atoms with van der Waals surface area (Å²) in [7, 11) is 0. The van der Waals surface area contributed by atoms with Crippen LogP contribution in [0.2, 0.25) is 0 Å². The Balaban J connectivity index is 1.96. The lowest BCUT2D eigenvalue weighted by Gasteiger charge is -2.02. The molecule has 0 saturated heterocycles. The van der Waals surface area contributed by atoms with Crippen molar-refractivity contribution in [3.8, 4) is 0 Å². The first-order valence-corrected chi connectivity index (χ1v) is 7.35. The first-order valence-electron chi connectivity index (χ1n) is 5.38. The number of hydrogen-bond acceptors (Lipinski definition) is 6. The molecule has 0 aliphatic rings. The van der Waals surface area contributed by atoms with E-state index in [1.54, 1.807) is 11.8 Å². The number of rotatable bonds is 6. The fourth-order valence-corrected chi connectivity index (χ4v) is 2.73. The second kappa shape index (κ2) is 6.48. The van der Waals surface area contributed by atoms with Crippen LogP contribution in [0.15, 0.2) is 40.4 Å². The number of thioether (sulfide) groups is 2. The van der Waals surface area contributed by atoms with Crippen molar-refractivity contribution in [1.82, 2.24) is 14.9 Å². The Labute approximate surface area is 118 Å². The van der Waals surface area contributed by atoms with Crippen molar-refractivity contribution in [2.75, 3.05) is 11.6 Å². The number of carbonyl (C=O) groups is 1. The number of hydrogen-bond donors (Lipinski definition) is 2. The summed E-state index contributed by atoms with van der Waals surface area (Å²) >= 11 is 2.65. The Hall–Kier alpha value is -1.67. The van der Waals surface area contributed by atoms with Gasteiger partial charge in [-0.25, -0.2) is 4.68 Å². The van der Waals surface area contributed by atoms with Crippen LogP contribution in [0.25, 0.3) is 0 Å². The van der Waals surface area contributed by atoms with Gasteiger partial charge in [0.15, 0.2) is 5.82 Å². The fraction of sp³-hybridized carbons (Fsp3) is 0.182. The molecule has 100 valence electrons. The van der Waals surface area contributed by atoms with Crippen LogP contribution in [0.5, 0.6) is 0 Å². The lowest BCUT2D eigenvalue weighted by Crippen LogP contribution is -2.14. The van der Waals surface area contributed by atoms with Crippen LogP contribution in [0.1, 0.15) is 5.82 Å². The molecule has 6 nitrogen and oxygen atoms in total. The van der Waals surface area contributed by atoms with Gasteiger partial charge in [0.2, 0.25) is 5.16 Å². The Morgan fingerprint density at radius 3 is 2.68 bits per heavy atom. The van der Waals surface area contributed by atoms with Crippen LogP contribution >= 0.6 is 23.5 Å². The maximum absolute atomic E-state index is 10.5. The number of nitrogen functional groups attached to an aromatic ring is 1. The second-order valence-corrected chi connectivity index (χ2v) is 5.54. The summed E-state index contributed by atoms with van der Waals surface area (Å²) < 4.78 is 1.34. The molecule has 0 saturated carbocycles. The molecule has 19 heavy (non-hydrogen) atoms. The Morgan fingerprint density at radius 1 is 1.26 bits per heavy atom. The quantitative estimate of drug-likeness (QED) is 0.615. The molecule has 0 aliphatic heterocycles. The first kappa shape index (κ1) is 13.8. The predicted molar refractivity (Wildman–Crippen MR) is 74.5 cm³/mol. The maximum Gasteiger partial charge on any atom is 0.313 e. The lowest BCUT2D eigenvalue weighted by atomic mass is 10.4. The molecule has 0 aliphatic carbocycles. The van der Waals surface area contributed by atoms with Crippen molar-refractivity contribution in [1.29, 1.82) is 0 Å². The van der Waals surface area contributed by atoms with Crippen LogP contribution < -0.4 is 5.84 Å². The molecule has 1 aromatic heterocycles. The Kier molecular flexibility index (Phi) is 4.69. The average Bonchev–Trinajstić information content (AvgIpc) is 2.76. The molecule has 1 aromatic carbocycles. The number of nitrogens with two attached hydrogens (primary N) is 1. The smallest absolute Gasteiger partial charge is 0.313 e. The summed E-state index contributed by atoms with van der Waals surface area (Å²) in [4.78, 5) is 11.6. The summed E-state index contributed by atoms with van der Waals surface area (Å²) in [5.74, 6) is 6.02. The summed E-state index contributed by atoms with van der Waals surface area (Å²) in [6.07, 6.45) is 0. The average molecular weight is 296 g/mol. The van der Waals surface area contributed by atoms with Gasteiger partial charge in [0.05, 0.1) is 11.5 Å². The van der Waals surface area contributed by atoms with Gasteiger partial charge in [0, 0.05) is 4.90 Å². The molecule has 0 unspecified atom stereocenters. The number of aliphatic carboxylic acids is 1. The van der Waals surface area contributed by atoms with Crippen LogP contribution in [-0.4, -0.2) is 31.7 Å². The third kappa shape index (κ3) is 3.90. The molecule has 0 radical (unpaired) electrons. The zero-order valence-corrected chi connectivity index (χ0v) is 11.5. The van der Waals surface area contributed by atoms with E-state index in [0.717, 1.165) is 16.7 Å². The second-order valence-electron chi connectivity index (χ2n) is 3.55. The van der Waals surface area contributed by atoms with E-state index in [4.69, 9.17) is 10.9 Å². The Morgan fingerprint density at radius 2 is 2.00 bits per heavy atom. The largest absolute Gasteiger partial charge is 0.481 e. The van der Waals surface area contributed by atoms with Gasteiger partial charge < -0.3 is 10.9 Å². The van der Waals surface area contributed by atoms with E-state index < -0.39 is 5.97 Å². The maximum atomic E-state index is 10.5. The molecular weight excluding hydrogens is 284 g/mol. The fourth-order valence-electron chi connectivity index (χ4n) is 1.29. The van der Waals surface area contributed by atoms with E-state index >= 15 is 0 Å². The normalized spacial score (nSPS) is 10.5. The van der Waals surface area contributed by atoms with E-state index in [1.807, 2.05) is 30.3 Å². The SMILES string of the molecule is Nn1c(CSc2ccccc2)nnc1SCC(=O)O. The molecule has 0 amide bonds. The molecule has 2 rings (SSSR count). The van der Waals surface area contributed by atoms with Crippen molar-refractivity contribution < 1.29 is 9.90 Å². The van der Waals surface area contributed by atoms with Crippen molar-refractivity contribution in [2.45, 2.75) is 15.8 Å². The monoisotopic (exact) mass is 296 g/mol. The number of carboxylic acids is 1. The van der Waals surface area contributed by atoms with Gasteiger partial charge in [0.1, 0.15) is 0 Å². The van der Waals surface area contributed by atoms with Gasteiger partial charge in [-0.2, -0.15) is 0 Å². The van der Waals surface area contributed by atoms with Gasteiger partial charge in [-0.05, 0) is 12.1 Å². The molecule has 8 heteroatoms. The zero-order chi connectivity index (χ0) is 13.7. The van der Waals surface area contributed by atoms with E-state index in [9.17, 15) is 4.79 Å². The van der Waals surface area contributed by atoms with Gasteiger partial charge >= 0.3 is 5.97 Å². The molecule has 0 spiro atoms. The molecule has 2 aromatic rings. The van der Waals surface area contributed by atoms with Crippen molar-refractivity contribution in [3.63, 3.8) is 0 Å². The third-order valence-corrected chi connectivity index (χ3v) is 4.11. The molecule has 0 atom stereocenters. The minimum absolute atomic E-state index is 0.0822. The number of nitrogens with zero attached hydrogens (tertiary/aromatic N) is 3. The van der Waals surface area contributed by atoms with Gasteiger partial charge in [-0.15, -0.1) is 22.0 Å². The third-order valence-electron chi connectivity index (χ3n) is 2.17. The van der Waals surface area contributed by atoms with E-state index in [2.05, 4.69) is 10.2 Å². The number of benzene rings is 1. The van der Waals surface area contributed by atoms with Crippen molar-refractivity contribution in [2.24, 2.45) is 0 Å². The van der Waals surface area contributed by atoms with E-state index in [-0.39, 0.29) is 5.75 Å². The first-order chi connectivity index (χ1) is 9.16. The minimum atomic E-state index is -0.909. The van der Waals surface area contributed by atoms with Gasteiger partial charge in [-0.3, -0.25) is 4.79 Å². The topological polar surface area (TPSA) is 94.0 Å². The van der Waals surface area contributed by atoms with Gasteiger partial charge in [0.25, 0.3) is 0 Å². The van der Waals surface area contributed by atoms with Crippen LogP contribution in [0, 0.1) is 0 Å². The highest BCUT2D eigenvalue weighted by molar-refractivity contribution is 7.99. The molecule has 0 fully saturated rings. The highest BCUT2D eigenvalue weighted by Crippen LogP contribution is 2.22. The highest BCUT2D eigenvalue weighted by atomic mass is 32.2. The van der Waals surface area contributed by atoms with Crippen LogP contribution in [0.3, 0.4) is 0 Å². The molecule has 3 N–H and O–H groups in total. The summed E-state index contributed by atoms with van der Waals surface area (Å²) in [6, 6.07) is 9.88. The van der Waals surface area contributed by atoms with Crippen molar-refractivity contribution >= 4 is 29.5 Å². The van der Waals surface area contributed by atoms with Crippen molar-refractivity contribution in [3.05, 3.63) is 36.2 Å². The lowest BCUT2D eigenvalue weighted by molar-refractivity contribution is -0.133. The zero-order valence-electron chi connectivity index (χ0n) is 9.89. The summed E-state index contributed by atoms with van der Waals surface area (Å²) in [5.41, 5.74) is 0. The van der Waals surface area contributed by atoms with Gasteiger partial charge in [-0.1, -0.05) is 30.0 Å². The summed E-state index contributed by atoms with van der Waals surface area (Å²) in [5, 5.41) is 16.8. The minimum Gasteiger partial charge on any atom is -0.481 e. The van der Waals surface area contributed by atoms with E-state index in [0.29, 0.717) is 16.7 Å². The number of carboxylic acid groups (broad SMARTS) is 1. The highest BCUT2D eigenvalue weighted by Gasteiger charge is 2.11. The predicted octanol–water partition coefficient (Wildman–Crippen LogP) is 1.46. The van der Waals surface area contributed by atoms with Crippen LogP contribution in [0.4, 0.5) is 0 Å². The van der Waals surface area contributed by atoms with Crippen LogP contribution in [-0.2, 0) is 10.5 Å².